The highest BCUT2D eigenvalue weighted by molar-refractivity contribution is 6.37. The van der Waals surface area contributed by atoms with Gasteiger partial charge in [0.25, 0.3) is 0 Å². The van der Waals surface area contributed by atoms with Gasteiger partial charge in [-0.2, -0.15) is 40.4 Å². The Kier molecular flexibility index (Phi) is 6.75. The van der Waals surface area contributed by atoms with Gasteiger partial charge in [-0.3, -0.25) is 0 Å². The van der Waals surface area contributed by atoms with Crippen LogP contribution in [0.15, 0.2) is 41.7 Å². The number of nitriles is 1. The molecule has 3 aromatic rings. The molecule has 0 radical (unpaired) electrons. The molecule has 6 nitrogen and oxygen atoms in total. The summed E-state index contributed by atoms with van der Waals surface area (Å²) in [7, 11) is 0. The van der Waals surface area contributed by atoms with Crippen LogP contribution in [0.25, 0.3) is 16.9 Å². The molecule has 0 saturated heterocycles. The van der Waals surface area contributed by atoms with Crippen LogP contribution in [-0.4, -0.2) is 33.3 Å². The first-order chi connectivity index (χ1) is 16.5. The third-order valence-electron chi connectivity index (χ3n) is 4.83. The fourth-order valence-electron chi connectivity index (χ4n) is 3.07. The van der Waals surface area contributed by atoms with Crippen molar-refractivity contribution < 1.29 is 39.5 Å². The summed E-state index contributed by atoms with van der Waals surface area (Å²) in [6.07, 6.45) is -12.6. The van der Waals surface area contributed by atoms with Gasteiger partial charge in [0.05, 0.1) is 21.8 Å². The number of aromatic nitrogens is 3. The van der Waals surface area contributed by atoms with Gasteiger partial charge in [-0.1, -0.05) is 34.5 Å². The summed E-state index contributed by atoms with van der Waals surface area (Å²) in [5.41, 5.74) is -9.17. The SMILES string of the molecule is N#Cc1ccc(-c2cn(-c3c(Cl)cc(C(F)(C(F)(F)F)C(F)(F)C(F)(F)F)cc3Cl)nn2)cc1N=O. The molecule has 0 N–H and O–H groups in total. The predicted octanol–water partition coefficient (Wildman–Crippen LogP) is 7.44. The molecule has 36 heavy (non-hydrogen) atoms. The lowest BCUT2D eigenvalue weighted by Gasteiger charge is -2.36. The lowest BCUT2D eigenvalue weighted by molar-refractivity contribution is -0.389. The Morgan fingerprint density at radius 1 is 0.917 bits per heavy atom. The Bertz CT molecular complexity index is 1360. The molecule has 0 aliphatic carbocycles. The van der Waals surface area contributed by atoms with E-state index in [9.17, 15) is 44.4 Å². The van der Waals surface area contributed by atoms with Crippen molar-refractivity contribution in [3.63, 3.8) is 0 Å². The third-order valence-corrected chi connectivity index (χ3v) is 5.40. The molecular formula is C19H6Cl2F9N5O. The van der Waals surface area contributed by atoms with Gasteiger partial charge in [-0.15, -0.1) is 10.0 Å². The van der Waals surface area contributed by atoms with Crippen LogP contribution >= 0.6 is 23.2 Å². The van der Waals surface area contributed by atoms with Crippen molar-refractivity contribution in [2.24, 2.45) is 5.18 Å². The van der Waals surface area contributed by atoms with E-state index in [0.29, 0.717) is 4.68 Å². The highest BCUT2D eigenvalue weighted by Crippen LogP contribution is 2.59. The van der Waals surface area contributed by atoms with E-state index in [1.54, 1.807) is 6.07 Å². The van der Waals surface area contributed by atoms with E-state index in [1.165, 1.54) is 12.1 Å². The maximum Gasteiger partial charge on any atom is 0.457 e. The number of hydrogen-bond donors (Lipinski definition) is 0. The van der Waals surface area contributed by atoms with Crippen LogP contribution in [0.5, 0.6) is 0 Å². The summed E-state index contributed by atoms with van der Waals surface area (Å²) >= 11 is 11.6. The van der Waals surface area contributed by atoms with Crippen LogP contribution < -0.4 is 0 Å². The topological polar surface area (TPSA) is 83.9 Å². The summed E-state index contributed by atoms with van der Waals surface area (Å²) in [4.78, 5) is 10.9. The summed E-state index contributed by atoms with van der Waals surface area (Å²) in [6.45, 7) is 0. The third kappa shape index (κ3) is 4.24. The summed E-state index contributed by atoms with van der Waals surface area (Å²) in [6, 6.07) is 5.23. The van der Waals surface area contributed by atoms with Crippen LogP contribution in [0.1, 0.15) is 11.1 Å². The molecular weight excluding hydrogens is 556 g/mol. The van der Waals surface area contributed by atoms with Crippen LogP contribution in [0, 0.1) is 16.2 Å². The van der Waals surface area contributed by atoms with Gasteiger partial charge >= 0.3 is 23.9 Å². The average Bonchev–Trinajstić information content (AvgIpc) is 3.25. The Balaban J connectivity index is 2.14. The van der Waals surface area contributed by atoms with Crippen molar-refractivity contribution in [3.8, 4) is 23.0 Å². The molecule has 0 aliphatic rings. The quantitative estimate of drug-likeness (QED) is 0.239. The van der Waals surface area contributed by atoms with Gasteiger partial charge < -0.3 is 0 Å². The molecule has 17 heteroatoms. The fraction of sp³-hybridized carbons (Fsp3) is 0.211. The molecule has 0 amide bonds. The van der Waals surface area contributed by atoms with E-state index < -0.39 is 45.2 Å². The van der Waals surface area contributed by atoms with Crippen LogP contribution in [-0.2, 0) is 5.67 Å². The first kappa shape index (κ1) is 27.2. The zero-order valence-corrected chi connectivity index (χ0v) is 18.3. The number of benzene rings is 2. The molecule has 0 fully saturated rings. The van der Waals surface area contributed by atoms with E-state index in [4.69, 9.17) is 28.5 Å². The maximum atomic E-state index is 14.8. The van der Waals surface area contributed by atoms with Crippen LogP contribution in [0.3, 0.4) is 0 Å². The number of halogens is 11. The van der Waals surface area contributed by atoms with Gasteiger partial charge in [-0.05, 0) is 29.4 Å². The summed E-state index contributed by atoms with van der Waals surface area (Å²) < 4.78 is 121. The zero-order chi connectivity index (χ0) is 27.3. The second kappa shape index (κ2) is 8.93. The Morgan fingerprint density at radius 3 is 1.97 bits per heavy atom. The number of rotatable bonds is 5. The molecule has 0 spiro atoms. The number of hydrogen-bond acceptors (Lipinski definition) is 5. The molecule has 1 heterocycles. The van der Waals surface area contributed by atoms with Crippen molar-refractivity contribution >= 4 is 28.9 Å². The minimum absolute atomic E-state index is 0.0284. The van der Waals surface area contributed by atoms with E-state index >= 15 is 0 Å². The molecule has 1 aromatic heterocycles. The highest BCUT2D eigenvalue weighted by Gasteiger charge is 2.81. The van der Waals surface area contributed by atoms with E-state index in [2.05, 4.69) is 15.5 Å². The first-order valence-corrected chi connectivity index (χ1v) is 9.75. The number of nitrogens with zero attached hydrogens (tertiary/aromatic N) is 5. The van der Waals surface area contributed by atoms with Crippen molar-refractivity contribution in [2.45, 2.75) is 23.9 Å². The summed E-state index contributed by atoms with van der Waals surface area (Å²) in [5, 5.41) is 16.9. The van der Waals surface area contributed by atoms with Gasteiger partial charge in [0.1, 0.15) is 23.1 Å². The van der Waals surface area contributed by atoms with Crippen molar-refractivity contribution in [1.82, 2.24) is 15.0 Å². The molecule has 0 bridgehead atoms. The van der Waals surface area contributed by atoms with Crippen LogP contribution in [0.4, 0.5) is 45.2 Å². The Morgan fingerprint density at radius 2 is 1.50 bits per heavy atom. The zero-order valence-electron chi connectivity index (χ0n) is 16.8. The molecule has 0 saturated carbocycles. The molecule has 2 aromatic carbocycles. The monoisotopic (exact) mass is 561 g/mol. The van der Waals surface area contributed by atoms with Gasteiger partial charge in [0.15, 0.2) is 0 Å². The lowest BCUT2D eigenvalue weighted by atomic mass is 9.87. The van der Waals surface area contributed by atoms with Crippen molar-refractivity contribution in [3.05, 3.63) is 62.6 Å². The van der Waals surface area contributed by atoms with E-state index in [0.717, 1.165) is 12.3 Å². The first-order valence-electron chi connectivity index (χ1n) is 9.00. The molecule has 3 rings (SSSR count). The lowest BCUT2D eigenvalue weighted by Crippen LogP contribution is -2.59. The minimum atomic E-state index is -6.92. The second-order valence-electron chi connectivity index (χ2n) is 7.00. The van der Waals surface area contributed by atoms with Crippen molar-refractivity contribution in [1.29, 1.82) is 5.26 Å². The highest BCUT2D eigenvalue weighted by atomic mass is 35.5. The predicted molar refractivity (Wildman–Crippen MR) is 107 cm³/mol. The van der Waals surface area contributed by atoms with Gasteiger partial charge in [-0.25, -0.2) is 9.07 Å². The standard InChI is InChI=1S/C19H6Cl2F9N5O/c20-11-4-10(16(22,18(25,26)27)17(23,24)19(28,29)30)5-12(21)15(11)35-7-14(32-34-35)8-1-2-9(6-31)13(3-8)33-36/h1-5,7H. The normalized spacial score (nSPS) is 14.3. The smallest absolute Gasteiger partial charge is 0.221 e. The molecule has 1 atom stereocenters. The fourth-order valence-corrected chi connectivity index (χ4v) is 3.73. The molecule has 0 aliphatic heterocycles. The Hall–Kier alpha value is -3.38. The van der Waals surface area contributed by atoms with Crippen molar-refractivity contribution in [2.75, 3.05) is 0 Å². The van der Waals surface area contributed by atoms with Gasteiger partial charge in [0.2, 0.25) is 0 Å². The maximum absolute atomic E-state index is 14.8. The second-order valence-corrected chi connectivity index (χ2v) is 7.81. The average molecular weight is 562 g/mol. The summed E-state index contributed by atoms with van der Waals surface area (Å²) in [5.74, 6) is -6.91. The number of alkyl halides is 9. The largest absolute Gasteiger partial charge is 0.457 e. The Labute approximate surface area is 203 Å². The molecule has 1 unspecified atom stereocenters. The van der Waals surface area contributed by atoms with E-state index in [-0.39, 0.29) is 34.6 Å². The minimum Gasteiger partial charge on any atom is -0.221 e. The number of nitroso groups, excluding NO2 is 1. The van der Waals surface area contributed by atoms with E-state index in [1.807, 2.05) is 0 Å². The molecule has 190 valence electrons. The van der Waals surface area contributed by atoms with Gasteiger partial charge in [0, 0.05) is 11.1 Å². The van der Waals surface area contributed by atoms with Crippen LogP contribution in [0.2, 0.25) is 10.0 Å².